The molecule has 1 atom stereocenters. The minimum Gasteiger partial charge on any atom is -0.507 e. The van der Waals surface area contributed by atoms with Crippen LogP contribution in [0, 0.1) is 0 Å². The molecule has 1 saturated heterocycles. The molecule has 1 amide bonds. The van der Waals surface area contributed by atoms with Gasteiger partial charge in [-0.2, -0.15) is 0 Å². The van der Waals surface area contributed by atoms with E-state index in [1.54, 1.807) is 4.90 Å². The number of piperidine rings is 1. The van der Waals surface area contributed by atoms with E-state index in [0.717, 1.165) is 37.4 Å². The number of carbonyl (C=O) groups is 1. The van der Waals surface area contributed by atoms with E-state index in [1.165, 1.54) is 11.8 Å². The van der Waals surface area contributed by atoms with Gasteiger partial charge < -0.3 is 19.9 Å². The number of pyridine rings is 1. The van der Waals surface area contributed by atoms with Crippen molar-refractivity contribution in [1.82, 2.24) is 14.8 Å². The van der Waals surface area contributed by atoms with Crippen molar-refractivity contribution in [3.05, 3.63) is 63.6 Å². The van der Waals surface area contributed by atoms with E-state index in [4.69, 9.17) is 0 Å². The molecule has 1 fully saturated rings. The van der Waals surface area contributed by atoms with E-state index in [0.29, 0.717) is 6.54 Å². The van der Waals surface area contributed by atoms with Crippen molar-refractivity contribution < 1.29 is 9.90 Å². The van der Waals surface area contributed by atoms with Crippen molar-refractivity contribution in [3.8, 4) is 5.75 Å². The zero-order valence-electron chi connectivity index (χ0n) is 15.2. The molecule has 3 rings (SSSR count). The maximum absolute atomic E-state index is 13.0. The highest BCUT2D eigenvalue weighted by Gasteiger charge is 2.30. The Morgan fingerprint density at radius 2 is 2.00 bits per heavy atom. The number of carbonyl (C=O) groups excluding carboxylic acids is 1. The van der Waals surface area contributed by atoms with Gasteiger partial charge in [0, 0.05) is 25.4 Å². The van der Waals surface area contributed by atoms with Crippen molar-refractivity contribution in [1.29, 1.82) is 0 Å². The molecule has 2 N–H and O–H groups in total. The number of hydrogen-bond donors (Lipinski definition) is 2. The van der Waals surface area contributed by atoms with E-state index in [9.17, 15) is 14.7 Å². The third-order valence-corrected chi connectivity index (χ3v) is 4.76. The predicted molar refractivity (Wildman–Crippen MR) is 100 cm³/mol. The van der Waals surface area contributed by atoms with Gasteiger partial charge in [0.2, 0.25) is 0 Å². The van der Waals surface area contributed by atoms with Gasteiger partial charge in [0.1, 0.15) is 5.75 Å². The van der Waals surface area contributed by atoms with Crippen molar-refractivity contribution in [2.24, 2.45) is 0 Å². The normalized spacial score (nSPS) is 17.5. The van der Waals surface area contributed by atoms with Gasteiger partial charge in [-0.1, -0.05) is 24.3 Å². The Balaban J connectivity index is 1.85. The second-order valence-electron chi connectivity index (χ2n) is 7.09. The van der Waals surface area contributed by atoms with Gasteiger partial charge in [0.05, 0.1) is 11.6 Å². The second-order valence-corrected chi connectivity index (χ2v) is 7.09. The molecule has 1 aromatic heterocycles. The van der Waals surface area contributed by atoms with Crippen molar-refractivity contribution in [3.63, 3.8) is 0 Å². The highest BCUT2D eigenvalue weighted by molar-refractivity contribution is 5.96. The fourth-order valence-electron chi connectivity index (χ4n) is 3.52. The molecule has 26 heavy (non-hydrogen) atoms. The van der Waals surface area contributed by atoms with Crippen molar-refractivity contribution in [2.75, 3.05) is 20.6 Å². The summed E-state index contributed by atoms with van der Waals surface area (Å²) < 4.78 is 0. The maximum Gasteiger partial charge on any atom is 0.259 e. The first kappa shape index (κ1) is 18.2. The van der Waals surface area contributed by atoms with Crippen molar-refractivity contribution in [2.45, 2.75) is 31.8 Å². The van der Waals surface area contributed by atoms with Gasteiger partial charge in [-0.15, -0.1) is 0 Å². The lowest BCUT2D eigenvalue weighted by Crippen LogP contribution is -2.38. The van der Waals surface area contributed by atoms with Crippen LogP contribution >= 0.6 is 0 Å². The van der Waals surface area contributed by atoms with E-state index < -0.39 is 5.56 Å². The quantitative estimate of drug-likeness (QED) is 0.883. The smallest absolute Gasteiger partial charge is 0.259 e. The molecule has 0 radical (unpaired) electrons. The molecule has 1 aromatic carbocycles. The number of rotatable bonds is 4. The summed E-state index contributed by atoms with van der Waals surface area (Å²) in [6, 6.07) is 9.40. The van der Waals surface area contributed by atoms with Crippen LogP contribution in [0.4, 0.5) is 0 Å². The van der Waals surface area contributed by atoms with Crippen LogP contribution in [0.3, 0.4) is 0 Å². The molecule has 0 aliphatic carbocycles. The summed E-state index contributed by atoms with van der Waals surface area (Å²) in [5.41, 5.74) is 2.04. The highest BCUT2D eigenvalue weighted by Crippen LogP contribution is 2.33. The van der Waals surface area contributed by atoms with Crippen LogP contribution in [-0.2, 0) is 6.54 Å². The molecule has 2 aromatic rings. The summed E-state index contributed by atoms with van der Waals surface area (Å²) in [4.78, 5) is 30.6. The van der Waals surface area contributed by atoms with Crippen molar-refractivity contribution >= 4 is 5.91 Å². The molecule has 2 heterocycles. The summed E-state index contributed by atoms with van der Waals surface area (Å²) in [7, 11) is 4.07. The molecule has 6 heteroatoms. The van der Waals surface area contributed by atoms with Crippen LogP contribution in [0.2, 0.25) is 0 Å². The molecule has 138 valence electrons. The zero-order chi connectivity index (χ0) is 18.7. The van der Waals surface area contributed by atoms with Gasteiger partial charge in [-0.3, -0.25) is 9.59 Å². The number of aromatic nitrogens is 1. The monoisotopic (exact) mass is 355 g/mol. The first-order valence-corrected chi connectivity index (χ1v) is 8.92. The highest BCUT2D eigenvalue weighted by atomic mass is 16.3. The van der Waals surface area contributed by atoms with Crippen LogP contribution in [0.1, 0.15) is 46.8 Å². The van der Waals surface area contributed by atoms with Gasteiger partial charge in [0.15, 0.2) is 0 Å². The summed E-state index contributed by atoms with van der Waals surface area (Å²) in [5.74, 6) is -0.523. The van der Waals surface area contributed by atoms with E-state index in [-0.39, 0.29) is 23.3 Å². The Morgan fingerprint density at radius 1 is 1.27 bits per heavy atom. The average molecular weight is 355 g/mol. The Hall–Kier alpha value is -2.60. The van der Waals surface area contributed by atoms with E-state index in [1.807, 2.05) is 14.1 Å². The third kappa shape index (κ3) is 3.96. The number of likely N-dealkylation sites (tertiary alicyclic amines) is 1. The lowest BCUT2D eigenvalue weighted by molar-refractivity contribution is 0.0608. The largest absolute Gasteiger partial charge is 0.507 e. The number of aromatic amines is 1. The standard InChI is InChI=1S/C20H25N3O3/c1-22(2)13-14-6-8-15(9-7-14)17-5-3-4-10-23(17)20(26)16-12-21-19(25)11-18(16)24/h6-9,11-12,17H,3-5,10,13H2,1-2H3,(H2,21,24,25). The van der Waals surface area contributed by atoms with Crippen LogP contribution in [0.15, 0.2) is 41.3 Å². The number of nitrogens with one attached hydrogen (secondary N) is 1. The molecular weight excluding hydrogens is 330 g/mol. The van der Waals surface area contributed by atoms with E-state index >= 15 is 0 Å². The summed E-state index contributed by atoms with van der Waals surface area (Å²) >= 11 is 0. The number of aromatic hydroxyl groups is 1. The molecule has 1 unspecified atom stereocenters. The number of amides is 1. The topological polar surface area (TPSA) is 76.6 Å². The number of nitrogens with zero attached hydrogens (tertiary/aromatic N) is 2. The molecule has 0 saturated carbocycles. The number of hydrogen-bond acceptors (Lipinski definition) is 4. The Morgan fingerprint density at radius 3 is 2.65 bits per heavy atom. The summed E-state index contributed by atoms with van der Waals surface area (Å²) in [6.07, 6.45) is 4.19. The molecule has 1 aliphatic heterocycles. The fourth-order valence-corrected chi connectivity index (χ4v) is 3.52. The Bertz CT molecular complexity index is 827. The minimum absolute atomic E-state index is 0.0176. The molecule has 1 aliphatic rings. The number of benzene rings is 1. The lowest BCUT2D eigenvalue weighted by atomic mass is 9.93. The number of H-pyrrole nitrogens is 1. The molecule has 6 nitrogen and oxygen atoms in total. The SMILES string of the molecule is CN(C)Cc1ccc(C2CCCCN2C(=O)c2c[nH]c(=O)cc2O)cc1. The van der Waals surface area contributed by atoms with Crippen LogP contribution in [0.25, 0.3) is 0 Å². The summed E-state index contributed by atoms with van der Waals surface area (Å²) in [6.45, 7) is 1.51. The third-order valence-electron chi connectivity index (χ3n) is 4.76. The maximum atomic E-state index is 13.0. The zero-order valence-corrected chi connectivity index (χ0v) is 15.2. The van der Waals surface area contributed by atoms with Gasteiger partial charge in [0.25, 0.3) is 11.5 Å². The van der Waals surface area contributed by atoms with Crippen LogP contribution in [-0.4, -0.2) is 46.4 Å². The molecule has 0 spiro atoms. The van der Waals surface area contributed by atoms with Crippen LogP contribution < -0.4 is 5.56 Å². The predicted octanol–water partition coefficient (Wildman–Crippen LogP) is 2.51. The van der Waals surface area contributed by atoms with E-state index in [2.05, 4.69) is 34.1 Å². The van der Waals surface area contributed by atoms with Gasteiger partial charge in [-0.25, -0.2) is 0 Å². The Labute approximate surface area is 153 Å². The first-order valence-electron chi connectivity index (χ1n) is 8.92. The first-order chi connectivity index (χ1) is 12.5. The minimum atomic E-state index is -0.425. The van der Waals surface area contributed by atoms with Gasteiger partial charge >= 0.3 is 0 Å². The molecular formula is C20H25N3O3. The molecule has 0 bridgehead atoms. The fraction of sp³-hybridized carbons (Fsp3) is 0.400. The van der Waals surface area contributed by atoms with Crippen LogP contribution in [0.5, 0.6) is 5.75 Å². The second kappa shape index (κ2) is 7.74. The van der Waals surface area contributed by atoms with Gasteiger partial charge in [-0.05, 0) is 44.5 Å². The Kier molecular flexibility index (Phi) is 5.42. The summed E-state index contributed by atoms with van der Waals surface area (Å²) in [5, 5.41) is 10.00. The average Bonchev–Trinajstić information content (AvgIpc) is 2.61. The lowest BCUT2D eigenvalue weighted by Gasteiger charge is -2.36.